The number of fused-ring (bicyclic) bond motifs is 1. The van der Waals surface area contributed by atoms with E-state index in [9.17, 15) is 13.2 Å². The van der Waals surface area contributed by atoms with Crippen LogP contribution in [-0.4, -0.2) is 24.5 Å². The van der Waals surface area contributed by atoms with Crippen LogP contribution in [0.15, 0.2) is 36.4 Å². The molecule has 0 aromatic heterocycles. The van der Waals surface area contributed by atoms with Crippen molar-refractivity contribution in [1.82, 2.24) is 0 Å². The Hall–Kier alpha value is -2.19. The fourth-order valence-corrected chi connectivity index (χ4v) is 1.82. The lowest BCUT2D eigenvalue weighted by Crippen LogP contribution is -2.12. The second-order valence-corrected chi connectivity index (χ2v) is 4.40. The van der Waals surface area contributed by atoms with Crippen molar-refractivity contribution < 1.29 is 23.0 Å². The van der Waals surface area contributed by atoms with Gasteiger partial charge in [0.1, 0.15) is 12.4 Å². The van der Waals surface area contributed by atoms with E-state index in [-0.39, 0.29) is 6.61 Å². The molecule has 110 valence electrons. The summed E-state index contributed by atoms with van der Waals surface area (Å²) in [6.45, 7) is -0.598. The number of hydrogen-bond acceptors (Lipinski definition) is 2. The van der Waals surface area contributed by atoms with E-state index in [1.54, 1.807) is 24.3 Å². The van der Waals surface area contributed by atoms with E-state index in [2.05, 4.69) is 11.8 Å². The molecule has 21 heavy (non-hydrogen) atoms. The SMILES string of the molecule is OCC#Cc1ccc2cc(OCCC(F)(F)F)ccc2c1. The lowest BCUT2D eigenvalue weighted by Gasteiger charge is -2.09. The zero-order valence-electron chi connectivity index (χ0n) is 11.1. The first-order valence-corrected chi connectivity index (χ1v) is 6.31. The molecule has 2 aromatic carbocycles. The van der Waals surface area contributed by atoms with Gasteiger partial charge < -0.3 is 9.84 Å². The van der Waals surface area contributed by atoms with Gasteiger partial charge in [0, 0.05) is 5.56 Å². The van der Waals surface area contributed by atoms with Gasteiger partial charge in [-0.25, -0.2) is 0 Å². The van der Waals surface area contributed by atoms with E-state index < -0.39 is 19.2 Å². The zero-order valence-corrected chi connectivity index (χ0v) is 11.1. The first-order valence-electron chi connectivity index (χ1n) is 6.31. The van der Waals surface area contributed by atoms with Gasteiger partial charge in [-0.1, -0.05) is 24.0 Å². The molecule has 0 saturated heterocycles. The van der Waals surface area contributed by atoms with Gasteiger partial charge in [-0.2, -0.15) is 13.2 Å². The normalized spacial score (nSPS) is 11.0. The second kappa shape index (κ2) is 6.51. The summed E-state index contributed by atoms with van der Waals surface area (Å²) in [7, 11) is 0. The first-order chi connectivity index (χ1) is 9.98. The van der Waals surface area contributed by atoms with Gasteiger partial charge in [0.05, 0.1) is 13.0 Å². The van der Waals surface area contributed by atoms with Crippen LogP contribution in [0.5, 0.6) is 5.75 Å². The molecule has 0 aliphatic rings. The van der Waals surface area contributed by atoms with Crippen LogP contribution in [0.4, 0.5) is 13.2 Å². The Morgan fingerprint density at radius 1 is 1.05 bits per heavy atom. The van der Waals surface area contributed by atoms with Crippen molar-refractivity contribution >= 4 is 10.8 Å². The van der Waals surface area contributed by atoms with Gasteiger partial charge in [0.15, 0.2) is 0 Å². The first kappa shape index (κ1) is 15.2. The molecule has 0 saturated carbocycles. The Labute approximate surface area is 120 Å². The Balaban J connectivity index is 2.11. The van der Waals surface area contributed by atoms with Crippen molar-refractivity contribution in [3.05, 3.63) is 42.0 Å². The molecule has 0 unspecified atom stereocenters. The molecule has 0 aliphatic carbocycles. The third-order valence-corrected chi connectivity index (χ3v) is 2.78. The highest BCUT2D eigenvalue weighted by atomic mass is 19.4. The Morgan fingerprint density at radius 2 is 1.76 bits per heavy atom. The van der Waals surface area contributed by atoms with E-state index in [4.69, 9.17) is 9.84 Å². The van der Waals surface area contributed by atoms with Gasteiger partial charge in [-0.3, -0.25) is 0 Å². The monoisotopic (exact) mass is 294 g/mol. The number of ether oxygens (including phenoxy) is 1. The van der Waals surface area contributed by atoms with E-state index in [1.165, 1.54) is 0 Å². The fraction of sp³-hybridized carbons (Fsp3) is 0.250. The smallest absolute Gasteiger partial charge is 0.392 e. The van der Waals surface area contributed by atoms with Crippen molar-refractivity contribution in [1.29, 1.82) is 0 Å². The van der Waals surface area contributed by atoms with Crippen molar-refractivity contribution in [2.45, 2.75) is 12.6 Å². The molecule has 2 rings (SSSR count). The summed E-state index contributed by atoms with van der Waals surface area (Å²) in [6, 6.07) is 10.5. The Morgan fingerprint density at radius 3 is 2.48 bits per heavy atom. The summed E-state index contributed by atoms with van der Waals surface area (Å²) in [5.74, 6) is 5.76. The molecule has 5 heteroatoms. The molecule has 2 aromatic rings. The highest BCUT2D eigenvalue weighted by molar-refractivity contribution is 5.85. The minimum Gasteiger partial charge on any atom is -0.493 e. The summed E-state index contributed by atoms with van der Waals surface area (Å²) in [6.07, 6.45) is -5.18. The molecule has 0 amide bonds. The van der Waals surface area contributed by atoms with Crippen LogP contribution in [0, 0.1) is 11.8 Å². The molecule has 0 radical (unpaired) electrons. The maximum atomic E-state index is 12.0. The number of aliphatic hydroxyl groups is 1. The zero-order chi connectivity index (χ0) is 15.3. The summed E-state index contributed by atoms with van der Waals surface area (Å²) in [4.78, 5) is 0. The number of alkyl halides is 3. The minimum atomic E-state index is -4.21. The summed E-state index contributed by atoms with van der Waals surface area (Å²) in [5.41, 5.74) is 0.766. The third-order valence-electron chi connectivity index (χ3n) is 2.78. The predicted octanol–water partition coefficient (Wildman–Crippen LogP) is 3.51. The van der Waals surface area contributed by atoms with Crippen LogP contribution in [0.2, 0.25) is 0 Å². The topological polar surface area (TPSA) is 29.5 Å². The van der Waals surface area contributed by atoms with Gasteiger partial charge in [-0.05, 0) is 35.0 Å². The molecule has 2 nitrogen and oxygen atoms in total. The van der Waals surface area contributed by atoms with Crippen molar-refractivity contribution in [2.24, 2.45) is 0 Å². The minimum absolute atomic E-state index is 0.204. The quantitative estimate of drug-likeness (QED) is 0.878. The van der Waals surface area contributed by atoms with Crippen LogP contribution >= 0.6 is 0 Å². The summed E-state index contributed by atoms with van der Waals surface area (Å²) in [5, 5.41) is 10.4. The van der Waals surface area contributed by atoms with E-state index in [0.29, 0.717) is 5.75 Å². The van der Waals surface area contributed by atoms with Crippen molar-refractivity contribution in [3.8, 4) is 17.6 Å². The van der Waals surface area contributed by atoms with Crippen LogP contribution in [0.1, 0.15) is 12.0 Å². The second-order valence-electron chi connectivity index (χ2n) is 4.40. The van der Waals surface area contributed by atoms with Crippen LogP contribution < -0.4 is 4.74 Å². The molecule has 0 atom stereocenters. The van der Waals surface area contributed by atoms with Crippen LogP contribution in [0.3, 0.4) is 0 Å². The van der Waals surface area contributed by atoms with Crippen LogP contribution in [-0.2, 0) is 0 Å². The Bertz CT molecular complexity index is 681. The largest absolute Gasteiger partial charge is 0.493 e. The lowest BCUT2D eigenvalue weighted by atomic mass is 10.1. The average Bonchev–Trinajstić information content (AvgIpc) is 2.43. The van der Waals surface area contributed by atoms with E-state index in [0.717, 1.165) is 16.3 Å². The average molecular weight is 294 g/mol. The maximum absolute atomic E-state index is 12.0. The lowest BCUT2D eigenvalue weighted by molar-refractivity contribution is -0.139. The van der Waals surface area contributed by atoms with Gasteiger partial charge >= 0.3 is 6.18 Å². The summed E-state index contributed by atoms with van der Waals surface area (Å²) >= 11 is 0. The van der Waals surface area contributed by atoms with E-state index in [1.807, 2.05) is 12.1 Å². The molecular weight excluding hydrogens is 281 g/mol. The van der Waals surface area contributed by atoms with Gasteiger partial charge in [0.25, 0.3) is 0 Å². The summed E-state index contributed by atoms with van der Waals surface area (Å²) < 4.78 is 41.2. The third kappa shape index (κ3) is 4.69. The van der Waals surface area contributed by atoms with E-state index >= 15 is 0 Å². The molecule has 0 heterocycles. The van der Waals surface area contributed by atoms with Crippen molar-refractivity contribution in [3.63, 3.8) is 0 Å². The molecule has 0 fully saturated rings. The molecule has 0 aliphatic heterocycles. The highest BCUT2D eigenvalue weighted by Gasteiger charge is 2.26. The van der Waals surface area contributed by atoms with Gasteiger partial charge in [0.2, 0.25) is 0 Å². The number of benzene rings is 2. The fourth-order valence-electron chi connectivity index (χ4n) is 1.82. The standard InChI is InChI=1S/C16H13F3O2/c17-16(18,19)7-9-21-15-6-5-13-10-12(2-1-8-20)3-4-14(13)11-15/h3-6,10-11,20H,7-9H2. The predicted molar refractivity (Wildman–Crippen MR) is 74.1 cm³/mol. The maximum Gasteiger partial charge on any atom is 0.392 e. The number of rotatable bonds is 3. The van der Waals surface area contributed by atoms with Crippen LogP contribution in [0.25, 0.3) is 10.8 Å². The number of hydrogen-bond donors (Lipinski definition) is 1. The number of halogens is 3. The number of aliphatic hydroxyl groups excluding tert-OH is 1. The molecule has 1 N–H and O–H groups in total. The molecular formula is C16H13F3O2. The molecule has 0 spiro atoms. The Kier molecular flexibility index (Phi) is 4.71. The molecule has 0 bridgehead atoms. The highest BCUT2D eigenvalue weighted by Crippen LogP contribution is 2.24. The van der Waals surface area contributed by atoms with Gasteiger partial charge in [-0.15, -0.1) is 0 Å². The van der Waals surface area contributed by atoms with Crippen molar-refractivity contribution in [2.75, 3.05) is 13.2 Å².